The Labute approximate surface area is 71.8 Å². The van der Waals surface area contributed by atoms with E-state index in [2.05, 4.69) is 31.0 Å². The second-order valence-corrected chi connectivity index (χ2v) is 3.89. The zero-order chi connectivity index (χ0) is 8.27. The highest BCUT2D eigenvalue weighted by Crippen LogP contribution is 2.17. The van der Waals surface area contributed by atoms with Gasteiger partial charge in [-0.1, -0.05) is 13.0 Å². The van der Waals surface area contributed by atoms with Crippen molar-refractivity contribution in [1.29, 1.82) is 0 Å². The van der Waals surface area contributed by atoms with Gasteiger partial charge in [0.15, 0.2) is 0 Å². The summed E-state index contributed by atoms with van der Waals surface area (Å²) in [5, 5.41) is 1.15. The summed E-state index contributed by atoms with van der Waals surface area (Å²) in [6.07, 6.45) is 5.32. The van der Waals surface area contributed by atoms with Crippen molar-refractivity contribution < 1.29 is 0 Å². The van der Waals surface area contributed by atoms with Gasteiger partial charge in [0.1, 0.15) is 0 Å². The average Bonchev–Trinajstić information content (AvgIpc) is 2.26. The minimum absolute atomic E-state index is 1.08. The number of allylic oxidation sites excluding steroid dienone is 1. The standard InChI is InChI=1S/C9H13NS/c1-4-5-6-9-7(2)11-8(3)10-9/h5-6H,4H2,1-3H3/b6-5-. The second-order valence-electron chi connectivity index (χ2n) is 2.48. The summed E-state index contributed by atoms with van der Waals surface area (Å²) >= 11 is 1.76. The molecule has 0 aliphatic carbocycles. The molecule has 0 saturated carbocycles. The van der Waals surface area contributed by atoms with Crippen LogP contribution < -0.4 is 0 Å². The minimum atomic E-state index is 1.08. The van der Waals surface area contributed by atoms with Gasteiger partial charge in [0.05, 0.1) is 10.7 Å². The van der Waals surface area contributed by atoms with E-state index in [-0.39, 0.29) is 0 Å². The summed E-state index contributed by atoms with van der Waals surface area (Å²) in [7, 11) is 0. The van der Waals surface area contributed by atoms with Crippen molar-refractivity contribution in [3.05, 3.63) is 21.7 Å². The second kappa shape index (κ2) is 3.67. The maximum absolute atomic E-state index is 4.38. The molecule has 11 heavy (non-hydrogen) atoms. The topological polar surface area (TPSA) is 12.9 Å². The van der Waals surface area contributed by atoms with Gasteiger partial charge >= 0.3 is 0 Å². The van der Waals surface area contributed by atoms with Gasteiger partial charge in [0, 0.05) is 4.88 Å². The molecule has 0 bridgehead atoms. The lowest BCUT2D eigenvalue weighted by Gasteiger charge is -1.84. The van der Waals surface area contributed by atoms with Gasteiger partial charge in [-0.05, 0) is 26.3 Å². The van der Waals surface area contributed by atoms with Gasteiger partial charge in [0.2, 0.25) is 0 Å². The molecule has 1 nitrogen and oxygen atoms in total. The van der Waals surface area contributed by atoms with E-state index in [9.17, 15) is 0 Å². The zero-order valence-corrected chi connectivity index (χ0v) is 8.03. The van der Waals surface area contributed by atoms with Crippen molar-refractivity contribution in [3.8, 4) is 0 Å². The van der Waals surface area contributed by atoms with Crippen LogP contribution in [0.5, 0.6) is 0 Å². The third-order valence-corrected chi connectivity index (χ3v) is 2.35. The highest BCUT2D eigenvalue weighted by Gasteiger charge is 1.98. The van der Waals surface area contributed by atoms with Gasteiger partial charge < -0.3 is 0 Å². The van der Waals surface area contributed by atoms with Crippen molar-refractivity contribution in [2.45, 2.75) is 27.2 Å². The van der Waals surface area contributed by atoms with E-state index in [0.717, 1.165) is 17.1 Å². The molecule has 0 aliphatic heterocycles. The monoisotopic (exact) mass is 167 g/mol. The summed E-state index contributed by atoms with van der Waals surface area (Å²) in [5.41, 5.74) is 1.13. The Bertz CT molecular complexity index is 261. The van der Waals surface area contributed by atoms with Crippen molar-refractivity contribution in [1.82, 2.24) is 4.98 Å². The van der Waals surface area contributed by atoms with Crippen LogP contribution in [-0.2, 0) is 0 Å². The first-order valence-corrected chi connectivity index (χ1v) is 4.66. The third-order valence-electron chi connectivity index (χ3n) is 1.45. The van der Waals surface area contributed by atoms with Crippen LogP contribution in [0.1, 0.15) is 28.9 Å². The lowest BCUT2D eigenvalue weighted by atomic mass is 10.3. The molecule has 0 saturated heterocycles. The molecule has 0 N–H and O–H groups in total. The number of rotatable bonds is 2. The van der Waals surface area contributed by atoms with E-state index in [1.165, 1.54) is 4.88 Å². The van der Waals surface area contributed by atoms with Gasteiger partial charge in [-0.15, -0.1) is 11.3 Å². The largest absolute Gasteiger partial charge is 0.242 e. The normalized spacial score (nSPS) is 11.2. The first kappa shape index (κ1) is 8.47. The fourth-order valence-electron chi connectivity index (χ4n) is 0.929. The van der Waals surface area contributed by atoms with Crippen LogP contribution in [0.25, 0.3) is 6.08 Å². The molecule has 0 aromatic carbocycles. The van der Waals surface area contributed by atoms with Crippen LogP contribution in [0.15, 0.2) is 6.08 Å². The molecule has 1 heterocycles. The Hall–Kier alpha value is -0.630. The Morgan fingerprint density at radius 2 is 2.18 bits per heavy atom. The minimum Gasteiger partial charge on any atom is -0.242 e. The lowest BCUT2D eigenvalue weighted by molar-refractivity contribution is 1.22. The van der Waals surface area contributed by atoms with Crippen LogP contribution >= 0.6 is 11.3 Å². The van der Waals surface area contributed by atoms with E-state index < -0.39 is 0 Å². The number of hydrogen-bond acceptors (Lipinski definition) is 2. The summed E-state index contributed by atoms with van der Waals surface area (Å²) in [4.78, 5) is 5.69. The Kier molecular flexibility index (Phi) is 2.83. The molecular weight excluding hydrogens is 154 g/mol. The fourth-order valence-corrected chi connectivity index (χ4v) is 1.73. The summed E-state index contributed by atoms with van der Waals surface area (Å²) in [5.74, 6) is 0. The summed E-state index contributed by atoms with van der Waals surface area (Å²) in [6.45, 7) is 6.28. The molecule has 0 radical (unpaired) electrons. The predicted molar refractivity (Wildman–Crippen MR) is 50.9 cm³/mol. The number of thiazole rings is 1. The highest BCUT2D eigenvalue weighted by atomic mass is 32.1. The van der Waals surface area contributed by atoms with Gasteiger partial charge in [0.25, 0.3) is 0 Å². The van der Waals surface area contributed by atoms with Crippen molar-refractivity contribution in [2.24, 2.45) is 0 Å². The maximum Gasteiger partial charge on any atom is 0.0904 e. The van der Waals surface area contributed by atoms with Gasteiger partial charge in [-0.3, -0.25) is 0 Å². The van der Waals surface area contributed by atoms with E-state index in [0.29, 0.717) is 0 Å². The number of nitrogens with zero attached hydrogens (tertiary/aromatic N) is 1. The van der Waals surface area contributed by atoms with Crippen LogP contribution in [-0.4, -0.2) is 4.98 Å². The predicted octanol–water partition coefficient (Wildman–Crippen LogP) is 3.18. The molecule has 0 amide bonds. The Balaban J connectivity index is 2.85. The molecule has 2 heteroatoms. The molecule has 1 rings (SSSR count). The average molecular weight is 167 g/mol. The number of aromatic nitrogens is 1. The molecule has 0 unspecified atom stereocenters. The Morgan fingerprint density at radius 1 is 1.45 bits per heavy atom. The van der Waals surface area contributed by atoms with Crippen LogP contribution in [0, 0.1) is 13.8 Å². The maximum atomic E-state index is 4.38. The van der Waals surface area contributed by atoms with E-state index >= 15 is 0 Å². The molecule has 0 atom stereocenters. The molecule has 1 aromatic rings. The third kappa shape index (κ3) is 2.15. The SMILES string of the molecule is CC/C=C\c1nc(C)sc1C. The molecule has 0 spiro atoms. The summed E-state index contributed by atoms with van der Waals surface area (Å²) < 4.78 is 0. The zero-order valence-electron chi connectivity index (χ0n) is 7.22. The lowest BCUT2D eigenvalue weighted by Crippen LogP contribution is -1.74. The first-order valence-electron chi connectivity index (χ1n) is 3.84. The van der Waals surface area contributed by atoms with Gasteiger partial charge in [-0.25, -0.2) is 4.98 Å². The molecule has 60 valence electrons. The quantitative estimate of drug-likeness (QED) is 0.659. The molecular formula is C9H13NS. The summed E-state index contributed by atoms with van der Waals surface area (Å²) in [6, 6.07) is 0. The van der Waals surface area contributed by atoms with Crippen LogP contribution in [0.4, 0.5) is 0 Å². The van der Waals surface area contributed by atoms with Crippen molar-refractivity contribution in [3.63, 3.8) is 0 Å². The number of hydrogen-bond donors (Lipinski definition) is 0. The van der Waals surface area contributed by atoms with Crippen molar-refractivity contribution in [2.75, 3.05) is 0 Å². The highest BCUT2D eigenvalue weighted by molar-refractivity contribution is 7.11. The van der Waals surface area contributed by atoms with Gasteiger partial charge in [-0.2, -0.15) is 0 Å². The Morgan fingerprint density at radius 3 is 2.64 bits per heavy atom. The fraction of sp³-hybridized carbons (Fsp3) is 0.444. The van der Waals surface area contributed by atoms with Crippen LogP contribution in [0.2, 0.25) is 0 Å². The molecule has 0 aliphatic rings. The van der Waals surface area contributed by atoms with Crippen molar-refractivity contribution >= 4 is 17.4 Å². The molecule has 0 fully saturated rings. The first-order chi connectivity index (χ1) is 5.24. The number of aryl methyl sites for hydroxylation is 2. The van der Waals surface area contributed by atoms with E-state index in [1.807, 2.05) is 6.92 Å². The smallest absolute Gasteiger partial charge is 0.0904 e. The van der Waals surface area contributed by atoms with E-state index in [1.54, 1.807) is 11.3 Å². The van der Waals surface area contributed by atoms with E-state index in [4.69, 9.17) is 0 Å². The van der Waals surface area contributed by atoms with Crippen LogP contribution in [0.3, 0.4) is 0 Å². The molecule has 1 aromatic heterocycles.